The van der Waals surface area contributed by atoms with Crippen LogP contribution in [0, 0.1) is 6.92 Å². The fourth-order valence-electron chi connectivity index (χ4n) is 4.12. The molecule has 1 aromatic carbocycles. The molecule has 0 amide bonds. The maximum Gasteiger partial charge on any atom is 0.456 e. The van der Waals surface area contributed by atoms with Crippen molar-refractivity contribution in [2.75, 3.05) is 6.54 Å². The number of nitrogens with zero attached hydrogens (tertiary/aromatic N) is 1. The van der Waals surface area contributed by atoms with Gasteiger partial charge in [-0.2, -0.15) is 43.9 Å². The average molecular weight is 437 g/mol. The van der Waals surface area contributed by atoms with Crippen molar-refractivity contribution in [3.8, 4) is 0 Å². The van der Waals surface area contributed by atoms with Gasteiger partial charge in [-0.15, -0.1) is 0 Å². The van der Waals surface area contributed by atoms with Crippen molar-refractivity contribution in [3.05, 3.63) is 29.8 Å². The lowest BCUT2D eigenvalue weighted by Gasteiger charge is -2.46. The summed E-state index contributed by atoms with van der Waals surface area (Å²) in [5.41, 5.74) is -4.94. The third-order valence-electron chi connectivity index (χ3n) is 5.46. The molecule has 13 heteroatoms. The topological polar surface area (TPSA) is 12.5 Å². The molecule has 2 fully saturated rings. The second-order valence-corrected chi connectivity index (χ2v) is 7.10. The van der Waals surface area contributed by atoms with E-state index in [1.807, 2.05) is 0 Å². The van der Waals surface area contributed by atoms with E-state index >= 15 is 0 Å². The van der Waals surface area contributed by atoms with Gasteiger partial charge in [0.2, 0.25) is 5.60 Å². The van der Waals surface area contributed by atoms with E-state index in [4.69, 9.17) is 0 Å². The first kappa shape index (κ1) is 22.2. The van der Waals surface area contributed by atoms with E-state index in [1.165, 1.54) is 31.2 Å². The zero-order valence-corrected chi connectivity index (χ0v) is 14.7. The van der Waals surface area contributed by atoms with E-state index in [2.05, 4.69) is 4.65 Å². The van der Waals surface area contributed by atoms with Gasteiger partial charge in [-0.25, -0.2) is 0 Å². The van der Waals surface area contributed by atoms with Gasteiger partial charge in [0.15, 0.2) is 0 Å². The first-order valence-electron chi connectivity index (χ1n) is 8.48. The minimum Gasteiger partial charge on any atom is -0.400 e. The van der Waals surface area contributed by atoms with Gasteiger partial charge in [0.05, 0.1) is 0 Å². The van der Waals surface area contributed by atoms with Gasteiger partial charge >= 0.3 is 31.2 Å². The van der Waals surface area contributed by atoms with Crippen LogP contribution >= 0.6 is 0 Å². The van der Waals surface area contributed by atoms with E-state index in [9.17, 15) is 43.9 Å². The molecule has 0 aromatic heterocycles. The molecule has 3 rings (SSSR count). The summed E-state index contributed by atoms with van der Waals surface area (Å²) in [7, 11) is -1.91. The fraction of sp³-hybridized carbons (Fsp3) is 0.625. The van der Waals surface area contributed by atoms with Gasteiger partial charge in [-0.3, -0.25) is 0 Å². The van der Waals surface area contributed by atoms with Crippen LogP contribution in [0.25, 0.3) is 0 Å². The van der Waals surface area contributed by atoms with Gasteiger partial charge in [0, 0.05) is 6.04 Å². The molecule has 2 aliphatic heterocycles. The molecule has 2 saturated heterocycles. The highest BCUT2D eigenvalue weighted by molar-refractivity contribution is 6.66. The monoisotopic (exact) mass is 437 g/mol. The van der Waals surface area contributed by atoms with Crippen molar-refractivity contribution in [1.29, 1.82) is 0 Å². The molecule has 1 atom stereocenters. The summed E-state index contributed by atoms with van der Waals surface area (Å²) >= 11 is 0. The maximum absolute atomic E-state index is 14.5. The average Bonchev–Trinajstić information content (AvgIpc) is 3.14. The summed E-state index contributed by atoms with van der Waals surface area (Å²) in [4.78, 5) is 0.738. The van der Waals surface area contributed by atoms with Crippen molar-refractivity contribution >= 4 is 12.5 Å². The number of hydrogen-bond acceptors (Lipinski definition) is 2. The van der Waals surface area contributed by atoms with Crippen molar-refractivity contribution in [1.82, 2.24) is 4.81 Å². The Morgan fingerprint density at radius 3 is 1.93 bits per heavy atom. The van der Waals surface area contributed by atoms with Gasteiger partial charge in [0.25, 0.3) is 0 Å². The minimum atomic E-state index is -6.70. The number of aryl methyl sites for hydroxylation is 1. The first-order chi connectivity index (χ1) is 13.1. The second kappa shape index (κ2) is 6.50. The molecule has 162 valence electrons. The smallest absolute Gasteiger partial charge is 0.400 e. The molecule has 29 heavy (non-hydrogen) atoms. The van der Waals surface area contributed by atoms with Crippen molar-refractivity contribution in [2.24, 2.45) is 0 Å². The molecule has 1 aromatic rings. The molecule has 0 N–H and O–H groups in total. The quantitative estimate of drug-likeness (QED) is 0.516. The lowest BCUT2D eigenvalue weighted by atomic mass is 9.70. The normalized spacial score (nSPS) is 23.6. The molecule has 0 spiro atoms. The van der Waals surface area contributed by atoms with E-state index in [0.29, 0.717) is 0 Å². The summed E-state index contributed by atoms with van der Waals surface area (Å²) in [6, 6.07) is 2.97. The second-order valence-electron chi connectivity index (χ2n) is 7.10. The highest BCUT2D eigenvalue weighted by Crippen LogP contribution is 2.62. The minimum absolute atomic E-state index is 0.0581. The maximum atomic E-state index is 14.5. The molecule has 2 heterocycles. The largest absolute Gasteiger partial charge is 0.456 e. The molecule has 2 nitrogen and oxygen atoms in total. The number of benzene rings is 1. The van der Waals surface area contributed by atoms with Crippen LogP contribution < -0.4 is 5.46 Å². The SMILES string of the molecule is Cc1ccccc1B1OC(C(F)(F)C(F)(F)F)(C(F)(F)C(F)(F)F)[C@@H]2CCCN12. The fourth-order valence-corrected chi connectivity index (χ4v) is 4.12. The number of halogens is 10. The van der Waals surface area contributed by atoms with E-state index in [-0.39, 0.29) is 24.0 Å². The zero-order chi connectivity index (χ0) is 22.0. The molecule has 0 aliphatic carbocycles. The molecule has 0 radical (unpaired) electrons. The standard InChI is InChI=1S/C16H14BF10NO/c1-9-5-2-3-6-10(9)17-28-8-4-7-11(28)12(29-17,13(18,19)15(22,23)24)14(20,21)16(25,26)27/h2-3,5-6,11H,4,7-8H2,1H3/t11-/m0/s1. The third kappa shape index (κ3) is 2.87. The summed E-state index contributed by atoms with van der Waals surface area (Å²) in [5.74, 6) is -13.0. The number of fused-ring (bicyclic) bond motifs is 1. The molecular weight excluding hydrogens is 423 g/mol. The Morgan fingerprint density at radius 1 is 0.931 bits per heavy atom. The van der Waals surface area contributed by atoms with E-state index in [0.717, 1.165) is 4.81 Å². The Morgan fingerprint density at radius 2 is 1.45 bits per heavy atom. The molecule has 2 aliphatic rings. The van der Waals surface area contributed by atoms with Gasteiger partial charge in [-0.1, -0.05) is 29.8 Å². The number of rotatable bonds is 3. The van der Waals surface area contributed by atoms with Gasteiger partial charge < -0.3 is 9.47 Å². The summed E-state index contributed by atoms with van der Waals surface area (Å²) < 4.78 is 141. The Bertz CT molecular complexity index is 752. The van der Waals surface area contributed by atoms with Gasteiger partial charge in [0.1, 0.15) is 0 Å². The molecular formula is C16H14BF10NO. The first-order valence-corrected chi connectivity index (χ1v) is 8.48. The summed E-state index contributed by atoms with van der Waals surface area (Å²) in [5, 5.41) is 0. The van der Waals surface area contributed by atoms with Crippen molar-refractivity contribution in [3.63, 3.8) is 0 Å². The van der Waals surface area contributed by atoms with Gasteiger partial charge in [-0.05, 0) is 31.8 Å². The van der Waals surface area contributed by atoms with Crippen LogP contribution in [0.15, 0.2) is 24.3 Å². The molecule has 0 unspecified atom stereocenters. The highest BCUT2D eigenvalue weighted by Gasteiger charge is 2.90. The van der Waals surface area contributed by atoms with E-state index in [1.54, 1.807) is 0 Å². The predicted molar refractivity (Wildman–Crippen MR) is 82.1 cm³/mol. The predicted octanol–water partition coefficient (Wildman–Crippen LogP) is 4.32. The summed E-state index contributed by atoms with van der Waals surface area (Å²) in [6.45, 7) is 1.14. The Balaban J connectivity index is 2.28. The molecule has 0 bridgehead atoms. The Hall–Kier alpha value is -1.50. The lowest BCUT2D eigenvalue weighted by Crippen LogP contribution is -2.74. The lowest BCUT2D eigenvalue weighted by molar-refractivity contribution is -0.418. The van der Waals surface area contributed by atoms with Crippen molar-refractivity contribution in [2.45, 2.75) is 55.6 Å². The number of hydrogen-bond donors (Lipinski definition) is 0. The van der Waals surface area contributed by atoms with Crippen LogP contribution in [-0.2, 0) is 4.65 Å². The van der Waals surface area contributed by atoms with Crippen LogP contribution in [-0.4, -0.2) is 54.2 Å². The van der Waals surface area contributed by atoms with Crippen LogP contribution in [0.3, 0.4) is 0 Å². The Kier molecular flexibility index (Phi) is 4.97. The van der Waals surface area contributed by atoms with Crippen LogP contribution in [0.2, 0.25) is 0 Å². The van der Waals surface area contributed by atoms with Crippen LogP contribution in [0.4, 0.5) is 43.9 Å². The molecule has 0 saturated carbocycles. The number of alkyl halides is 10. The van der Waals surface area contributed by atoms with E-state index < -0.39 is 49.3 Å². The summed E-state index contributed by atoms with van der Waals surface area (Å²) in [6.07, 6.45) is -14.3. The van der Waals surface area contributed by atoms with Crippen LogP contribution in [0.1, 0.15) is 18.4 Å². The van der Waals surface area contributed by atoms with Crippen LogP contribution in [0.5, 0.6) is 0 Å². The third-order valence-corrected chi connectivity index (χ3v) is 5.46. The Labute approximate surface area is 158 Å². The highest BCUT2D eigenvalue weighted by atomic mass is 19.4. The zero-order valence-electron chi connectivity index (χ0n) is 14.7. The van der Waals surface area contributed by atoms with Crippen molar-refractivity contribution < 1.29 is 48.6 Å².